The molecule has 0 saturated heterocycles. The molecule has 106 valence electrons. The van der Waals surface area contributed by atoms with E-state index in [-0.39, 0.29) is 0 Å². The van der Waals surface area contributed by atoms with Gasteiger partial charge in [0.15, 0.2) is 0 Å². The van der Waals surface area contributed by atoms with Crippen molar-refractivity contribution >= 4 is 0 Å². The van der Waals surface area contributed by atoms with Gasteiger partial charge in [-0.1, -0.05) is 31.5 Å². The van der Waals surface area contributed by atoms with E-state index in [1.165, 1.54) is 37.7 Å². The molecule has 1 saturated carbocycles. The third-order valence-corrected chi connectivity index (χ3v) is 4.52. The van der Waals surface area contributed by atoms with Gasteiger partial charge in [-0.15, -0.1) is 0 Å². The molecule has 0 unspecified atom stereocenters. The van der Waals surface area contributed by atoms with Gasteiger partial charge in [0.05, 0.1) is 7.11 Å². The number of hydrogen-bond donors (Lipinski definition) is 1. The molecule has 1 N–H and O–H groups in total. The van der Waals surface area contributed by atoms with Crippen LogP contribution in [-0.2, 0) is 0 Å². The Morgan fingerprint density at radius 3 is 2.53 bits per heavy atom. The highest BCUT2D eigenvalue weighted by Crippen LogP contribution is 2.30. The van der Waals surface area contributed by atoms with Crippen molar-refractivity contribution < 1.29 is 4.74 Å². The van der Waals surface area contributed by atoms with Gasteiger partial charge in [0.1, 0.15) is 5.75 Å². The second kappa shape index (κ2) is 6.95. The van der Waals surface area contributed by atoms with E-state index in [1.54, 1.807) is 7.11 Å². The topological polar surface area (TPSA) is 21.3 Å². The fourth-order valence-electron chi connectivity index (χ4n) is 3.20. The molecule has 0 aliphatic heterocycles. The molecule has 1 aliphatic rings. The predicted molar refractivity (Wildman–Crippen MR) is 80.6 cm³/mol. The fraction of sp³-hybridized carbons (Fsp3) is 0.647. The normalized spacial score (nSPS) is 25.0. The minimum absolute atomic E-state index is 0.360. The van der Waals surface area contributed by atoms with E-state index in [4.69, 9.17) is 4.74 Å². The molecule has 2 heteroatoms. The first kappa shape index (κ1) is 14.4. The standard InChI is InChI=1S/C17H27NO/c1-4-14-9-11-15(12-10-14)18-13(2)16-7-5-6-8-17(16)19-3/h5-8,13-15,18H,4,9-12H2,1-3H3/t13-,14?,15?/m1/s1. The molecule has 1 aromatic carbocycles. The Bertz CT molecular complexity index is 383. The smallest absolute Gasteiger partial charge is 0.123 e. The minimum atomic E-state index is 0.360. The lowest BCUT2D eigenvalue weighted by molar-refractivity contribution is 0.271. The number of nitrogens with one attached hydrogen (secondary N) is 1. The van der Waals surface area contributed by atoms with Crippen LogP contribution in [0.25, 0.3) is 0 Å². The van der Waals surface area contributed by atoms with Gasteiger partial charge in [-0.25, -0.2) is 0 Å². The minimum Gasteiger partial charge on any atom is -0.496 e. The van der Waals surface area contributed by atoms with Gasteiger partial charge in [-0.3, -0.25) is 0 Å². The number of rotatable bonds is 5. The molecule has 19 heavy (non-hydrogen) atoms. The maximum atomic E-state index is 5.45. The van der Waals surface area contributed by atoms with Crippen LogP contribution < -0.4 is 10.1 Å². The van der Waals surface area contributed by atoms with E-state index in [0.29, 0.717) is 12.1 Å². The Kier molecular flexibility index (Phi) is 5.26. The summed E-state index contributed by atoms with van der Waals surface area (Å²) in [6, 6.07) is 9.35. The number of ether oxygens (including phenoxy) is 1. The Morgan fingerprint density at radius 1 is 1.21 bits per heavy atom. The number of para-hydroxylation sites is 1. The van der Waals surface area contributed by atoms with Gasteiger partial charge in [-0.05, 0) is 44.6 Å². The zero-order chi connectivity index (χ0) is 13.7. The first-order valence-electron chi connectivity index (χ1n) is 7.63. The van der Waals surface area contributed by atoms with Crippen molar-refractivity contribution in [2.75, 3.05) is 7.11 Å². The molecule has 1 aliphatic carbocycles. The highest BCUT2D eigenvalue weighted by atomic mass is 16.5. The summed E-state index contributed by atoms with van der Waals surface area (Å²) in [7, 11) is 1.75. The highest BCUT2D eigenvalue weighted by molar-refractivity contribution is 5.35. The van der Waals surface area contributed by atoms with E-state index in [9.17, 15) is 0 Å². The molecule has 0 radical (unpaired) electrons. The van der Waals surface area contributed by atoms with Crippen LogP contribution in [0, 0.1) is 5.92 Å². The Hall–Kier alpha value is -1.02. The third-order valence-electron chi connectivity index (χ3n) is 4.52. The summed E-state index contributed by atoms with van der Waals surface area (Å²) < 4.78 is 5.45. The highest BCUT2D eigenvalue weighted by Gasteiger charge is 2.22. The lowest BCUT2D eigenvalue weighted by Crippen LogP contribution is -2.35. The molecule has 0 amide bonds. The van der Waals surface area contributed by atoms with Crippen LogP contribution in [0.15, 0.2) is 24.3 Å². The maximum Gasteiger partial charge on any atom is 0.123 e. The van der Waals surface area contributed by atoms with Gasteiger partial charge in [0.25, 0.3) is 0 Å². The maximum absolute atomic E-state index is 5.45. The molecule has 0 bridgehead atoms. The van der Waals surface area contributed by atoms with Crippen LogP contribution in [0.3, 0.4) is 0 Å². The van der Waals surface area contributed by atoms with E-state index in [1.807, 2.05) is 12.1 Å². The lowest BCUT2D eigenvalue weighted by atomic mass is 9.84. The van der Waals surface area contributed by atoms with Crippen LogP contribution in [0.5, 0.6) is 5.75 Å². The van der Waals surface area contributed by atoms with Crippen molar-refractivity contribution in [3.63, 3.8) is 0 Å². The summed E-state index contributed by atoms with van der Waals surface area (Å²) in [4.78, 5) is 0. The Morgan fingerprint density at radius 2 is 1.89 bits per heavy atom. The summed E-state index contributed by atoms with van der Waals surface area (Å²) in [5.41, 5.74) is 1.27. The molecular formula is C17H27NO. The lowest BCUT2D eigenvalue weighted by Gasteiger charge is -2.31. The van der Waals surface area contributed by atoms with E-state index < -0.39 is 0 Å². The monoisotopic (exact) mass is 261 g/mol. The second-order valence-electron chi connectivity index (χ2n) is 5.76. The van der Waals surface area contributed by atoms with Crippen LogP contribution in [0.2, 0.25) is 0 Å². The van der Waals surface area contributed by atoms with Crippen molar-refractivity contribution in [3.8, 4) is 5.75 Å². The molecule has 0 aromatic heterocycles. The molecule has 0 spiro atoms. The summed E-state index contributed by atoms with van der Waals surface area (Å²) >= 11 is 0. The molecule has 1 fully saturated rings. The molecule has 2 nitrogen and oxygen atoms in total. The van der Waals surface area contributed by atoms with Gasteiger partial charge >= 0.3 is 0 Å². The van der Waals surface area contributed by atoms with Crippen molar-refractivity contribution in [1.29, 1.82) is 0 Å². The molecule has 1 atom stereocenters. The number of benzene rings is 1. The summed E-state index contributed by atoms with van der Waals surface area (Å²) in [6.45, 7) is 4.56. The zero-order valence-corrected chi connectivity index (χ0v) is 12.5. The second-order valence-corrected chi connectivity index (χ2v) is 5.76. The SMILES string of the molecule is CCC1CCC(N[C@H](C)c2ccccc2OC)CC1. The summed E-state index contributed by atoms with van der Waals surface area (Å²) in [6.07, 6.45) is 6.74. The van der Waals surface area contributed by atoms with Crippen molar-refractivity contribution in [2.24, 2.45) is 5.92 Å². The van der Waals surface area contributed by atoms with Gasteiger partial charge in [-0.2, -0.15) is 0 Å². The molecule has 0 heterocycles. The quantitative estimate of drug-likeness (QED) is 0.852. The summed E-state index contributed by atoms with van der Waals surface area (Å²) in [5, 5.41) is 3.77. The first-order valence-corrected chi connectivity index (χ1v) is 7.63. The average Bonchev–Trinajstić information content (AvgIpc) is 2.48. The Balaban J connectivity index is 1.92. The number of methoxy groups -OCH3 is 1. The van der Waals surface area contributed by atoms with Crippen LogP contribution >= 0.6 is 0 Å². The zero-order valence-electron chi connectivity index (χ0n) is 12.5. The van der Waals surface area contributed by atoms with Gasteiger partial charge in [0, 0.05) is 17.6 Å². The molecule has 1 aromatic rings. The van der Waals surface area contributed by atoms with Crippen molar-refractivity contribution in [2.45, 2.75) is 58.0 Å². The van der Waals surface area contributed by atoms with Gasteiger partial charge in [0.2, 0.25) is 0 Å². The van der Waals surface area contributed by atoms with Crippen LogP contribution in [0.1, 0.15) is 57.6 Å². The van der Waals surface area contributed by atoms with Crippen LogP contribution in [0.4, 0.5) is 0 Å². The fourth-order valence-corrected chi connectivity index (χ4v) is 3.20. The largest absolute Gasteiger partial charge is 0.496 e. The van der Waals surface area contributed by atoms with Crippen molar-refractivity contribution in [1.82, 2.24) is 5.32 Å². The third kappa shape index (κ3) is 3.73. The Labute approximate surface area is 117 Å². The van der Waals surface area contributed by atoms with Crippen molar-refractivity contribution in [3.05, 3.63) is 29.8 Å². The van der Waals surface area contributed by atoms with Crippen LogP contribution in [-0.4, -0.2) is 13.2 Å². The van der Waals surface area contributed by atoms with E-state index in [2.05, 4.69) is 31.3 Å². The predicted octanol–water partition coefficient (Wildman–Crippen LogP) is 4.31. The number of hydrogen-bond acceptors (Lipinski definition) is 2. The summed E-state index contributed by atoms with van der Waals surface area (Å²) in [5.74, 6) is 1.95. The molecular weight excluding hydrogens is 234 g/mol. The van der Waals surface area contributed by atoms with Gasteiger partial charge < -0.3 is 10.1 Å². The average molecular weight is 261 g/mol. The van der Waals surface area contributed by atoms with E-state index >= 15 is 0 Å². The van der Waals surface area contributed by atoms with E-state index in [0.717, 1.165) is 11.7 Å². The molecule has 2 rings (SSSR count). The first-order chi connectivity index (χ1) is 9.24.